The van der Waals surface area contributed by atoms with Gasteiger partial charge in [-0.25, -0.2) is 0 Å². The normalized spacial score (nSPS) is 22.0. The van der Waals surface area contributed by atoms with Crippen LogP contribution in [0.5, 0.6) is 0 Å². The van der Waals surface area contributed by atoms with Crippen molar-refractivity contribution in [2.75, 3.05) is 45.2 Å². The third kappa shape index (κ3) is 5.48. The maximum Gasteiger partial charge on any atom is 0.226 e. The number of guanidine groups is 1. The Bertz CT molecular complexity index is 692. The lowest BCUT2D eigenvalue weighted by molar-refractivity contribution is -0.116. The molecule has 150 valence electrons. The largest absolute Gasteiger partial charge is 0.381 e. The van der Waals surface area contributed by atoms with Gasteiger partial charge in [0.2, 0.25) is 5.91 Å². The van der Waals surface area contributed by atoms with Crippen molar-refractivity contribution in [3.8, 4) is 0 Å². The van der Waals surface area contributed by atoms with Gasteiger partial charge in [-0.3, -0.25) is 9.79 Å². The maximum absolute atomic E-state index is 12.2. The predicted molar refractivity (Wildman–Crippen MR) is 120 cm³/mol. The van der Waals surface area contributed by atoms with Gasteiger partial charge in [-0.15, -0.1) is 24.0 Å². The van der Waals surface area contributed by atoms with E-state index < -0.39 is 0 Å². The van der Waals surface area contributed by atoms with E-state index in [9.17, 15) is 4.79 Å². The van der Waals surface area contributed by atoms with Gasteiger partial charge in [0, 0.05) is 55.8 Å². The third-order valence-corrected chi connectivity index (χ3v) is 5.72. The van der Waals surface area contributed by atoms with E-state index >= 15 is 0 Å². The van der Waals surface area contributed by atoms with Crippen LogP contribution in [0.4, 0.5) is 5.69 Å². The first-order chi connectivity index (χ1) is 12.5. The molecule has 2 heterocycles. The van der Waals surface area contributed by atoms with E-state index in [-0.39, 0.29) is 29.9 Å². The molecule has 1 spiro atoms. The molecule has 27 heavy (non-hydrogen) atoms. The molecule has 6 nitrogen and oxygen atoms in total. The average molecular weight is 507 g/mol. The number of anilines is 1. The minimum Gasteiger partial charge on any atom is -0.381 e. The summed E-state index contributed by atoms with van der Waals surface area (Å²) in [6.07, 6.45) is 2.64. The molecule has 0 radical (unpaired) electrons. The molecule has 2 aliphatic rings. The van der Waals surface area contributed by atoms with E-state index in [1.54, 1.807) is 7.05 Å². The number of likely N-dealkylation sites (tertiary alicyclic amines) is 1. The van der Waals surface area contributed by atoms with Gasteiger partial charge in [-0.2, -0.15) is 0 Å². The Morgan fingerprint density at radius 2 is 2.22 bits per heavy atom. The van der Waals surface area contributed by atoms with E-state index in [0.29, 0.717) is 23.4 Å². The lowest BCUT2D eigenvalue weighted by atomic mass is 9.87. The minimum atomic E-state index is -0.0413. The Balaban J connectivity index is 0.00000261. The Hall–Kier alpha value is -1.06. The second kappa shape index (κ2) is 9.93. The average Bonchev–Trinajstić information content (AvgIpc) is 3.26. The Morgan fingerprint density at radius 1 is 1.41 bits per heavy atom. The molecule has 0 aromatic heterocycles. The Morgan fingerprint density at radius 3 is 2.93 bits per heavy atom. The summed E-state index contributed by atoms with van der Waals surface area (Å²) in [4.78, 5) is 18.9. The smallest absolute Gasteiger partial charge is 0.226 e. The van der Waals surface area contributed by atoms with Crippen molar-refractivity contribution in [1.82, 2.24) is 10.2 Å². The van der Waals surface area contributed by atoms with Crippen molar-refractivity contribution in [3.05, 3.63) is 28.8 Å². The molecule has 2 N–H and O–H groups in total. The van der Waals surface area contributed by atoms with E-state index in [2.05, 4.69) is 20.5 Å². The molecule has 1 aromatic rings. The summed E-state index contributed by atoms with van der Waals surface area (Å²) in [6.45, 7) is 6.11. The highest BCUT2D eigenvalue weighted by Gasteiger charge is 2.42. The van der Waals surface area contributed by atoms with Crippen LogP contribution in [-0.4, -0.2) is 56.7 Å². The SMILES string of the molecule is CN=C(NCCC(=O)Nc1cccc(Cl)c1C)N1CCC2(CCOC2)C1.I. The zero-order valence-corrected chi connectivity index (χ0v) is 19.0. The van der Waals surface area contributed by atoms with E-state index in [1.165, 1.54) is 0 Å². The minimum absolute atomic E-state index is 0. The molecule has 2 fully saturated rings. The lowest BCUT2D eigenvalue weighted by Crippen LogP contribution is -2.42. The van der Waals surface area contributed by atoms with Crippen molar-refractivity contribution in [3.63, 3.8) is 0 Å². The second-order valence-electron chi connectivity index (χ2n) is 7.16. The summed E-state index contributed by atoms with van der Waals surface area (Å²) in [5.41, 5.74) is 1.93. The molecular weight excluding hydrogens is 479 g/mol. The molecule has 1 aromatic carbocycles. The van der Waals surface area contributed by atoms with Gasteiger partial charge in [0.25, 0.3) is 0 Å². The van der Waals surface area contributed by atoms with Crippen LogP contribution in [0.25, 0.3) is 0 Å². The monoisotopic (exact) mass is 506 g/mol. The van der Waals surface area contributed by atoms with Gasteiger partial charge < -0.3 is 20.3 Å². The van der Waals surface area contributed by atoms with Crippen LogP contribution in [0.3, 0.4) is 0 Å². The number of aliphatic imine (C=N–C) groups is 1. The number of benzene rings is 1. The topological polar surface area (TPSA) is 66.0 Å². The highest BCUT2D eigenvalue weighted by Crippen LogP contribution is 2.38. The summed E-state index contributed by atoms with van der Waals surface area (Å²) < 4.78 is 5.58. The summed E-state index contributed by atoms with van der Waals surface area (Å²) in [6, 6.07) is 5.51. The first-order valence-corrected chi connectivity index (χ1v) is 9.49. The van der Waals surface area contributed by atoms with Gasteiger partial charge in [0.1, 0.15) is 0 Å². The number of nitrogens with zero attached hydrogens (tertiary/aromatic N) is 2. The van der Waals surface area contributed by atoms with Crippen LogP contribution >= 0.6 is 35.6 Å². The predicted octanol–water partition coefficient (Wildman–Crippen LogP) is 3.28. The summed E-state index contributed by atoms with van der Waals surface area (Å²) in [7, 11) is 1.79. The number of amides is 1. The molecule has 2 saturated heterocycles. The highest BCUT2D eigenvalue weighted by atomic mass is 127. The van der Waals surface area contributed by atoms with Gasteiger partial charge >= 0.3 is 0 Å². The molecule has 1 amide bonds. The Kier molecular flexibility index (Phi) is 8.18. The third-order valence-electron chi connectivity index (χ3n) is 5.31. The molecule has 8 heteroatoms. The molecular formula is C19H28ClIN4O2. The van der Waals surface area contributed by atoms with Gasteiger partial charge in [0.15, 0.2) is 5.96 Å². The molecule has 0 saturated carbocycles. The second-order valence-corrected chi connectivity index (χ2v) is 7.57. The number of hydrogen-bond acceptors (Lipinski definition) is 3. The number of nitrogens with one attached hydrogen (secondary N) is 2. The van der Waals surface area contributed by atoms with E-state index in [1.807, 2.05) is 25.1 Å². The molecule has 3 rings (SSSR count). The first-order valence-electron chi connectivity index (χ1n) is 9.11. The zero-order valence-electron chi connectivity index (χ0n) is 15.9. The summed E-state index contributed by atoms with van der Waals surface area (Å²) >= 11 is 6.09. The van der Waals surface area contributed by atoms with Crippen molar-refractivity contribution in [1.29, 1.82) is 0 Å². The quantitative estimate of drug-likeness (QED) is 0.374. The molecule has 0 bridgehead atoms. The fraction of sp³-hybridized carbons (Fsp3) is 0.579. The number of carbonyl (C=O) groups is 1. The first kappa shape index (κ1) is 22.2. The maximum atomic E-state index is 12.2. The zero-order chi connectivity index (χ0) is 18.6. The number of halogens is 2. The van der Waals surface area contributed by atoms with E-state index in [4.69, 9.17) is 16.3 Å². The lowest BCUT2D eigenvalue weighted by Gasteiger charge is -2.24. The van der Waals surface area contributed by atoms with Crippen LogP contribution < -0.4 is 10.6 Å². The van der Waals surface area contributed by atoms with Crippen LogP contribution in [0.15, 0.2) is 23.2 Å². The van der Waals surface area contributed by atoms with Gasteiger partial charge in [0.05, 0.1) is 6.61 Å². The fourth-order valence-corrected chi connectivity index (χ4v) is 3.84. The standard InChI is InChI=1S/C19H27ClN4O2.HI/c1-14-15(20)4-3-5-16(14)23-17(25)6-9-22-18(21-2)24-10-7-19(12-24)8-11-26-13-19;/h3-5H,6-13H2,1-2H3,(H,21,22)(H,23,25);1H. The van der Waals surface area contributed by atoms with Gasteiger partial charge in [-0.1, -0.05) is 17.7 Å². The summed E-state index contributed by atoms with van der Waals surface area (Å²) in [5, 5.41) is 6.88. The number of rotatable bonds is 4. The van der Waals surface area contributed by atoms with Crippen LogP contribution in [0.2, 0.25) is 5.02 Å². The number of ether oxygens (including phenoxy) is 1. The molecule has 2 aliphatic heterocycles. The molecule has 0 aliphatic carbocycles. The van der Waals surface area contributed by atoms with Crippen molar-refractivity contribution in [2.45, 2.75) is 26.2 Å². The Labute approximate surface area is 183 Å². The van der Waals surface area contributed by atoms with Crippen molar-refractivity contribution in [2.24, 2.45) is 10.4 Å². The highest BCUT2D eigenvalue weighted by molar-refractivity contribution is 14.0. The van der Waals surface area contributed by atoms with Crippen molar-refractivity contribution < 1.29 is 9.53 Å². The molecule has 1 unspecified atom stereocenters. The van der Waals surface area contributed by atoms with E-state index in [0.717, 1.165) is 56.4 Å². The van der Waals surface area contributed by atoms with Crippen LogP contribution in [-0.2, 0) is 9.53 Å². The van der Waals surface area contributed by atoms with Crippen LogP contribution in [0.1, 0.15) is 24.8 Å². The van der Waals surface area contributed by atoms with Crippen molar-refractivity contribution >= 4 is 53.1 Å². The van der Waals surface area contributed by atoms with Crippen LogP contribution in [0, 0.1) is 12.3 Å². The fourth-order valence-electron chi connectivity index (χ4n) is 3.66. The molecule has 1 atom stereocenters. The van der Waals surface area contributed by atoms with Gasteiger partial charge in [-0.05, 0) is 37.5 Å². The summed E-state index contributed by atoms with van der Waals surface area (Å²) in [5.74, 6) is 0.820. The number of carbonyl (C=O) groups excluding carboxylic acids is 1. The number of hydrogen-bond donors (Lipinski definition) is 2.